The van der Waals surface area contributed by atoms with Crippen molar-refractivity contribution >= 4 is 30.2 Å². The van der Waals surface area contributed by atoms with Gasteiger partial charge in [0.2, 0.25) is 11.8 Å². The van der Waals surface area contributed by atoms with Crippen LogP contribution in [0.4, 0.5) is 0 Å². The maximum atomic E-state index is 12.3. The van der Waals surface area contributed by atoms with Gasteiger partial charge in [0, 0.05) is 13.0 Å². The number of hydrogen-bond donors (Lipinski definition) is 2. The molecule has 1 saturated heterocycles. The second kappa shape index (κ2) is 11.7. The average Bonchev–Trinajstić information content (AvgIpc) is 3.08. The minimum absolute atomic E-state index is 0. The van der Waals surface area contributed by atoms with E-state index >= 15 is 0 Å². The molecule has 29 heavy (non-hydrogen) atoms. The molecule has 0 saturated carbocycles. The third-order valence-electron chi connectivity index (χ3n) is 5.15. The third kappa shape index (κ3) is 6.99. The van der Waals surface area contributed by atoms with Crippen LogP contribution in [0, 0.1) is 0 Å². The summed E-state index contributed by atoms with van der Waals surface area (Å²) in [6.45, 7) is 3.25. The molecule has 1 aliphatic heterocycles. The second-order valence-corrected chi connectivity index (χ2v) is 7.12. The highest BCUT2D eigenvalue weighted by molar-refractivity contribution is 5.86. The minimum atomic E-state index is -0.887. The molecule has 1 heterocycles. The second-order valence-electron chi connectivity index (χ2n) is 7.12. The number of benzene rings is 1. The van der Waals surface area contributed by atoms with Crippen LogP contribution in [0.25, 0.3) is 0 Å². The van der Waals surface area contributed by atoms with E-state index < -0.39 is 17.6 Å². The van der Waals surface area contributed by atoms with E-state index in [9.17, 15) is 14.4 Å². The van der Waals surface area contributed by atoms with Gasteiger partial charge in [0.1, 0.15) is 0 Å². The number of halogens is 1. The van der Waals surface area contributed by atoms with Crippen molar-refractivity contribution in [3.05, 3.63) is 35.9 Å². The summed E-state index contributed by atoms with van der Waals surface area (Å²) in [4.78, 5) is 37.9. The molecule has 1 fully saturated rings. The van der Waals surface area contributed by atoms with E-state index in [1.807, 2.05) is 35.2 Å². The van der Waals surface area contributed by atoms with Crippen LogP contribution in [0.5, 0.6) is 0 Å². The fourth-order valence-corrected chi connectivity index (χ4v) is 3.34. The van der Waals surface area contributed by atoms with Gasteiger partial charge >= 0.3 is 5.97 Å². The summed E-state index contributed by atoms with van der Waals surface area (Å²) >= 11 is 0. The van der Waals surface area contributed by atoms with Gasteiger partial charge in [0.25, 0.3) is 0 Å². The number of amides is 2. The lowest BCUT2D eigenvalue weighted by atomic mass is 9.98. The Bertz CT molecular complexity index is 688. The summed E-state index contributed by atoms with van der Waals surface area (Å²) in [5, 5.41) is 2.65. The van der Waals surface area contributed by atoms with Crippen LogP contribution in [0.15, 0.2) is 30.3 Å². The number of nitrogens with zero attached hydrogens (tertiary/aromatic N) is 1. The Morgan fingerprint density at radius 2 is 1.97 bits per heavy atom. The Kier molecular flexibility index (Phi) is 10.1. The van der Waals surface area contributed by atoms with E-state index in [1.165, 1.54) is 7.11 Å². The summed E-state index contributed by atoms with van der Waals surface area (Å²) in [7, 11) is 1.27. The standard InChI is InChI=1S/C20H29N3O5.ClH/c1-20(19(21)26)10-6-11-23(20)12-9-17(24)22-16(18(25)27-2)14-28-13-15-7-4-3-5-8-15;/h3-5,7-8,16H,6,9-14H2,1-2H3,(H2,21,26)(H,22,24);1H/t16-,20+;/m0./s1. The first kappa shape index (κ1) is 24.9. The molecule has 0 unspecified atom stereocenters. The van der Waals surface area contributed by atoms with Crippen molar-refractivity contribution < 1.29 is 23.9 Å². The van der Waals surface area contributed by atoms with Crippen molar-refractivity contribution in [2.75, 3.05) is 26.8 Å². The highest BCUT2D eigenvalue weighted by Gasteiger charge is 2.41. The number of methoxy groups -OCH3 is 1. The molecule has 1 aliphatic rings. The van der Waals surface area contributed by atoms with Gasteiger partial charge in [-0.15, -0.1) is 12.4 Å². The molecular formula is C20H30ClN3O5. The molecule has 8 nitrogen and oxygen atoms in total. The van der Waals surface area contributed by atoms with Gasteiger partial charge in [-0.1, -0.05) is 30.3 Å². The number of nitrogens with one attached hydrogen (secondary N) is 1. The molecular weight excluding hydrogens is 398 g/mol. The van der Waals surface area contributed by atoms with E-state index in [0.29, 0.717) is 26.1 Å². The number of likely N-dealkylation sites (tertiary alicyclic amines) is 1. The molecule has 2 atom stereocenters. The first-order valence-electron chi connectivity index (χ1n) is 9.40. The van der Waals surface area contributed by atoms with Gasteiger partial charge in [0.05, 0.1) is 25.9 Å². The molecule has 0 aromatic heterocycles. The molecule has 2 amide bonds. The Morgan fingerprint density at radius 3 is 2.59 bits per heavy atom. The lowest BCUT2D eigenvalue weighted by molar-refractivity contribution is -0.147. The Hall–Kier alpha value is -2.16. The predicted octanol–water partition coefficient (Wildman–Crippen LogP) is 1.01. The largest absolute Gasteiger partial charge is 0.467 e. The molecule has 162 valence electrons. The van der Waals surface area contributed by atoms with E-state index in [2.05, 4.69) is 5.32 Å². The number of carbonyl (C=O) groups is 3. The normalized spacial score (nSPS) is 19.8. The molecule has 2 rings (SSSR count). The fraction of sp³-hybridized carbons (Fsp3) is 0.550. The lowest BCUT2D eigenvalue weighted by Crippen LogP contribution is -2.52. The summed E-state index contributed by atoms with van der Waals surface area (Å²) in [6, 6.07) is 8.65. The van der Waals surface area contributed by atoms with Gasteiger partial charge in [-0.2, -0.15) is 0 Å². The zero-order valence-corrected chi connectivity index (χ0v) is 17.7. The SMILES string of the molecule is COC(=O)[C@H](COCc1ccccc1)NC(=O)CCN1CCC[C@]1(C)C(N)=O.Cl. The molecule has 1 aromatic carbocycles. The zero-order chi connectivity index (χ0) is 20.6. The molecule has 0 aliphatic carbocycles. The highest BCUT2D eigenvalue weighted by Crippen LogP contribution is 2.28. The quantitative estimate of drug-likeness (QED) is 0.539. The lowest BCUT2D eigenvalue weighted by Gasteiger charge is -2.32. The van der Waals surface area contributed by atoms with Crippen molar-refractivity contribution in [1.82, 2.24) is 10.2 Å². The zero-order valence-electron chi connectivity index (χ0n) is 16.9. The van der Waals surface area contributed by atoms with Crippen molar-refractivity contribution in [3.63, 3.8) is 0 Å². The van der Waals surface area contributed by atoms with E-state index in [-0.39, 0.29) is 37.2 Å². The molecule has 0 spiro atoms. The average molecular weight is 428 g/mol. The van der Waals surface area contributed by atoms with Crippen LogP contribution in [0.2, 0.25) is 0 Å². The van der Waals surface area contributed by atoms with Crippen LogP contribution in [-0.2, 0) is 30.5 Å². The van der Waals surface area contributed by atoms with Gasteiger partial charge in [-0.05, 0) is 31.9 Å². The van der Waals surface area contributed by atoms with Gasteiger partial charge in [0.15, 0.2) is 6.04 Å². The van der Waals surface area contributed by atoms with Gasteiger partial charge < -0.3 is 20.5 Å². The fourth-order valence-electron chi connectivity index (χ4n) is 3.34. The topological polar surface area (TPSA) is 111 Å². The van der Waals surface area contributed by atoms with Crippen LogP contribution >= 0.6 is 12.4 Å². The Morgan fingerprint density at radius 1 is 1.28 bits per heavy atom. The summed E-state index contributed by atoms with van der Waals surface area (Å²) in [6.07, 6.45) is 1.69. The summed E-state index contributed by atoms with van der Waals surface area (Å²) in [5.41, 5.74) is 5.76. The number of nitrogens with two attached hydrogens (primary N) is 1. The van der Waals surface area contributed by atoms with Gasteiger partial charge in [-0.25, -0.2) is 4.79 Å². The maximum Gasteiger partial charge on any atom is 0.330 e. The first-order chi connectivity index (χ1) is 13.4. The molecule has 0 bridgehead atoms. The van der Waals surface area contributed by atoms with Crippen molar-refractivity contribution in [2.24, 2.45) is 5.73 Å². The predicted molar refractivity (Wildman–Crippen MR) is 110 cm³/mol. The number of esters is 1. The van der Waals surface area contributed by atoms with E-state index in [1.54, 1.807) is 6.92 Å². The smallest absolute Gasteiger partial charge is 0.330 e. The van der Waals surface area contributed by atoms with E-state index in [0.717, 1.165) is 12.0 Å². The number of rotatable bonds is 10. The number of hydrogen-bond acceptors (Lipinski definition) is 6. The number of ether oxygens (including phenoxy) is 2. The van der Waals surface area contributed by atoms with Crippen LogP contribution < -0.4 is 11.1 Å². The Balaban J connectivity index is 0.00000420. The first-order valence-corrected chi connectivity index (χ1v) is 9.40. The van der Waals surface area contributed by atoms with Crippen molar-refractivity contribution in [3.8, 4) is 0 Å². The van der Waals surface area contributed by atoms with Crippen LogP contribution in [0.3, 0.4) is 0 Å². The number of carbonyl (C=O) groups excluding carboxylic acids is 3. The van der Waals surface area contributed by atoms with Crippen molar-refractivity contribution in [1.29, 1.82) is 0 Å². The van der Waals surface area contributed by atoms with Gasteiger partial charge in [-0.3, -0.25) is 14.5 Å². The maximum absolute atomic E-state index is 12.3. The highest BCUT2D eigenvalue weighted by atomic mass is 35.5. The van der Waals surface area contributed by atoms with E-state index in [4.69, 9.17) is 15.2 Å². The molecule has 9 heteroatoms. The van der Waals surface area contributed by atoms with Crippen molar-refractivity contribution in [2.45, 2.75) is 44.4 Å². The monoisotopic (exact) mass is 427 g/mol. The number of primary amides is 1. The third-order valence-corrected chi connectivity index (χ3v) is 5.15. The summed E-state index contributed by atoms with van der Waals surface area (Å²) in [5.74, 6) is -1.26. The Labute approximate surface area is 177 Å². The minimum Gasteiger partial charge on any atom is -0.467 e. The van der Waals surface area contributed by atoms with Crippen LogP contribution in [-0.4, -0.2) is 61.1 Å². The molecule has 3 N–H and O–H groups in total. The van der Waals surface area contributed by atoms with Crippen LogP contribution in [0.1, 0.15) is 31.7 Å². The summed E-state index contributed by atoms with van der Waals surface area (Å²) < 4.78 is 10.3. The molecule has 0 radical (unpaired) electrons. The molecule has 1 aromatic rings.